The third kappa shape index (κ3) is 3.00. The van der Waals surface area contributed by atoms with Gasteiger partial charge in [0.05, 0.1) is 6.26 Å². The number of amides is 1. The number of halogens is 1. The fourth-order valence-electron chi connectivity index (χ4n) is 1.92. The average molecular weight is 285 g/mol. The molecule has 0 aliphatic rings. The zero-order valence-electron chi connectivity index (χ0n) is 11.0. The Labute approximate surface area is 119 Å². The highest BCUT2D eigenvalue weighted by Gasteiger charge is 2.12. The van der Waals surface area contributed by atoms with E-state index in [0.29, 0.717) is 17.0 Å². The Morgan fingerprint density at radius 2 is 2.19 bits per heavy atom. The summed E-state index contributed by atoms with van der Waals surface area (Å²) in [6, 6.07) is 11.2. The Morgan fingerprint density at radius 1 is 1.29 bits per heavy atom. The molecule has 6 heteroatoms. The number of hydrogen-bond donors (Lipinski definition) is 2. The van der Waals surface area contributed by atoms with Gasteiger partial charge < -0.3 is 9.73 Å². The number of hydrogen-bond acceptors (Lipinski definition) is 3. The maximum Gasteiger partial charge on any atom is 0.272 e. The van der Waals surface area contributed by atoms with Crippen LogP contribution in [0.4, 0.5) is 4.39 Å². The quantitative estimate of drug-likeness (QED) is 0.774. The molecule has 1 aromatic carbocycles. The van der Waals surface area contributed by atoms with Crippen LogP contribution >= 0.6 is 0 Å². The van der Waals surface area contributed by atoms with Crippen molar-refractivity contribution in [2.45, 2.75) is 6.54 Å². The standard InChI is InChI=1S/C15H12FN3O2/c16-11-4-1-3-10(7-11)9-17-15(20)13-8-12(18-19-13)14-5-2-6-21-14/h1-8H,9H2,(H,17,20)(H,18,19). The van der Waals surface area contributed by atoms with E-state index >= 15 is 0 Å². The van der Waals surface area contributed by atoms with Crippen LogP contribution in [0, 0.1) is 5.82 Å². The van der Waals surface area contributed by atoms with E-state index in [4.69, 9.17) is 4.42 Å². The first-order valence-corrected chi connectivity index (χ1v) is 6.34. The summed E-state index contributed by atoms with van der Waals surface area (Å²) in [5.41, 5.74) is 1.55. The van der Waals surface area contributed by atoms with Crippen LogP contribution in [0.25, 0.3) is 11.5 Å². The lowest BCUT2D eigenvalue weighted by Crippen LogP contribution is -2.23. The van der Waals surface area contributed by atoms with Crippen molar-refractivity contribution in [2.24, 2.45) is 0 Å². The lowest BCUT2D eigenvalue weighted by atomic mass is 10.2. The van der Waals surface area contributed by atoms with E-state index in [9.17, 15) is 9.18 Å². The van der Waals surface area contributed by atoms with Crippen LogP contribution in [0.1, 0.15) is 16.1 Å². The van der Waals surface area contributed by atoms with Crippen molar-refractivity contribution < 1.29 is 13.6 Å². The lowest BCUT2D eigenvalue weighted by Gasteiger charge is -2.03. The Balaban J connectivity index is 1.66. The predicted molar refractivity (Wildman–Crippen MR) is 73.9 cm³/mol. The normalized spacial score (nSPS) is 10.5. The first-order valence-electron chi connectivity index (χ1n) is 6.34. The monoisotopic (exact) mass is 285 g/mol. The number of nitrogens with zero attached hydrogens (tertiary/aromatic N) is 1. The fourth-order valence-corrected chi connectivity index (χ4v) is 1.92. The number of rotatable bonds is 4. The molecule has 0 bridgehead atoms. The van der Waals surface area contributed by atoms with E-state index in [1.165, 1.54) is 12.1 Å². The van der Waals surface area contributed by atoms with Crippen LogP contribution in [0.3, 0.4) is 0 Å². The zero-order chi connectivity index (χ0) is 14.7. The zero-order valence-corrected chi connectivity index (χ0v) is 11.0. The maximum absolute atomic E-state index is 13.0. The molecule has 2 N–H and O–H groups in total. The lowest BCUT2D eigenvalue weighted by molar-refractivity contribution is 0.0946. The van der Waals surface area contributed by atoms with Crippen LogP contribution in [0.5, 0.6) is 0 Å². The Morgan fingerprint density at radius 3 is 2.95 bits per heavy atom. The second kappa shape index (κ2) is 5.62. The fraction of sp³-hybridized carbons (Fsp3) is 0.0667. The molecule has 3 aromatic rings. The number of H-pyrrole nitrogens is 1. The molecule has 21 heavy (non-hydrogen) atoms. The second-order valence-corrected chi connectivity index (χ2v) is 4.46. The van der Waals surface area contributed by atoms with Gasteiger partial charge in [-0.2, -0.15) is 5.10 Å². The molecule has 0 aliphatic carbocycles. The van der Waals surface area contributed by atoms with Crippen LogP contribution in [0.2, 0.25) is 0 Å². The molecule has 3 rings (SSSR count). The highest BCUT2D eigenvalue weighted by Crippen LogP contribution is 2.17. The largest absolute Gasteiger partial charge is 0.463 e. The molecule has 2 heterocycles. The molecule has 106 valence electrons. The van der Waals surface area contributed by atoms with Crippen LogP contribution in [-0.2, 0) is 6.54 Å². The van der Waals surface area contributed by atoms with Gasteiger partial charge in [-0.15, -0.1) is 0 Å². The van der Waals surface area contributed by atoms with Gasteiger partial charge in [0.25, 0.3) is 5.91 Å². The van der Waals surface area contributed by atoms with E-state index in [2.05, 4.69) is 15.5 Å². The summed E-state index contributed by atoms with van der Waals surface area (Å²) in [6.45, 7) is 0.236. The summed E-state index contributed by atoms with van der Waals surface area (Å²) in [7, 11) is 0. The SMILES string of the molecule is O=C(NCc1cccc(F)c1)c1cc(-c2ccco2)[nH]n1. The molecule has 0 unspecified atom stereocenters. The van der Waals surface area contributed by atoms with E-state index < -0.39 is 0 Å². The van der Waals surface area contributed by atoms with Gasteiger partial charge in [0.2, 0.25) is 0 Å². The van der Waals surface area contributed by atoms with E-state index in [0.717, 1.165) is 0 Å². The number of nitrogens with one attached hydrogen (secondary N) is 2. The first-order chi connectivity index (χ1) is 10.2. The van der Waals surface area contributed by atoms with Crippen molar-refractivity contribution in [3.8, 4) is 11.5 Å². The minimum Gasteiger partial charge on any atom is -0.463 e. The van der Waals surface area contributed by atoms with Crippen LogP contribution in [0.15, 0.2) is 53.1 Å². The van der Waals surface area contributed by atoms with Crippen molar-refractivity contribution in [1.82, 2.24) is 15.5 Å². The van der Waals surface area contributed by atoms with Crippen molar-refractivity contribution in [3.63, 3.8) is 0 Å². The minimum absolute atomic E-state index is 0.236. The van der Waals surface area contributed by atoms with E-state index in [1.54, 1.807) is 36.6 Å². The molecule has 0 fully saturated rings. The molecule has 0 spiro atoms. The smallest absolute Gasteiger partial charge is 0.272 e. The highest BCUT2D eigenvalue weighted by molar-refractivity contribution is 5.93. The summed E-state index contributed by atoms with van der Waals surface area (Å²) in [5.74, 6) is -0.0679. The number of benzene rings is 1. The van der Waals surface area contributed by atoms with Gasteiger partial charge in [-0.05, 0) is 29.8 Å². The van der Waals surface area contributed by atoms with Crippen molar-refractivity contribution in [3.05, 3.63) is 65.8 Å². The topological polar surface area (TPSA) is 70.9 Å². The molecule has 2 aromatic heterocycles. The van der Waals surface area contributed by atoms with Gasteiger partial charge in [0.15, 0.2) is 11.5 Å². The Kier molecular flexibility index (Phi) is 3.51. The summed E-state index contributed by atoms with van der Waals surface area (Å²) < 4.78 is 18.2. The molecule has 0 radical (unpaired) electrons. The van der Waals surface area contributed by atoms with Crippen LogP contribution in [-0.4, -0.2) is 16.1 Å². The highest BCUT2D eigenvalue weighted by atomic mass is 19.1. The van der Waals surface area contributed by atoms with Crippen molar-refractivity contribution in [1.29, 1.82) is 0 Å². The molecule has 1 amide bonds. The van der Waals surface area contributed by atoms with Gasteiger partial charge in [0, 0.05) is 12.6 Å². The predicted octanol–water partition coefficient (Wildman–Crippen LogP) is 2.74. The first kappa shape index (κ1) is 13.1. The number of aromatic nitrogens is 2. The Bertz CT molecular complexity index is 750. The summed E-state index contributed by atoms with van der Waals surface area (Å²) >= 11 is 0. The van der Waals surface area contributed by atoms with Gasteiger partial charge in [-0.1, -0.05) is 12.1 Å². The molecule has 0 saturated carbocycles. The molecule has 0 saturated heterocycles. The van der Waals surface area contributed by atoms with Gasteiger partial charge in [-0.3, -0.25) is 9.89 Å². The van der Waals surface area contributed by atoms with Gasteiger partial charge in [0.1, 0.15) is 11.5 Å². The average Bonchev–Trinajstić information content (AvgIpc) is 3.15. The summed E-state index contributed by atoms with van der Waals surface area (Å²) in [4.78, 5) is 12.0. The van der Waals surface area contributed by atoms with Crippen LogP contribution < -0.4 is 5.32 Å². The molecule has 0 aliphatic heterocycles. The van der Waals surface area contributed by atoms with Gasteiger partial charge >= 0.3 is 0 Å². The van der Waals surface area contributed by atoms with E-state index in [1.807, 2.05) is 0 Å². The molecular formula is C15H12FN3O2. The van der Waals surface area contributed by atoms with Gasteiger partial charge in [-0.25, -0.2) is 4.39 Å². The summed E-state index contributed by atoms with van der Waals surface area (Å²) in [5, 5.41) is 9.34. The molecule has 0 atom stereocenters. The number of carbonyl (C=O) groups is 1. The maximum atomic E-state index is 13.0. The second-order valence-electron chi connectivity index (χ2n) is 4.46. The molecular weight excluding hydrogens is 273 g/mol. The summed E-state index contributed by atoms with van der Waals surface area (Å²) in [6.07, 6.45) is 1.54. The number of aromatic amines is 1. The van der Waals surface area contributed by atoms with Crippen molar-refractivity contribution >= 4 is 5.91 Å². The number of furan rings is 1. The minimum atomic E-state index is -0.340. The molecule has 5 nitrogen and oxygen atoms in total. The van der Waals surface area contributed by atoms with Crippen molar-refractivity contribution in [2.75, 3.05) is 0 Å². The van der Waals surface area contributed by atoms with E-state index in [-0.39, 0.29) is 24.0 Å². The third-order valence-corrected chi connectivity index (χ3v) is 2.94. The third-order valence-electron chi connectivity index (χ3n) is 2.94. The Hall–Kier alpha value is -2.89. The number of carbonyl (C=O) groups excluding carboxylic acids is 1.